The normalized spacial score (nSPS) is 31.9. The maximum Gasteiger partial charge on any atom is 0.237 e. The lowest BCUT2D eigenvalue weighted by atomic mass is 9.99. The Balaban J connectivity index is 1.83. The van der Waals surface area contributed by atoms with E-state index in [1.807, 2.05) is 0 Å². The van der Waals surface area contributed by atoms with Gasteiger partial charge in [0.1, 0.15) is 0 Å². The monoisotopic (exact) mass is 297 g/mol. The smallest absolute Gasteiger partial charge is 0.237 e. The fourth-order valence-corrected chi connectivity index (χ4v) is 3.29. The number of amides is 1. The zero-order valence-electron chi connectivity index (χ0n) is 13.9. The number of piperidine rings is 1. The van der Waals surface area contributed by atoms with Gasteiger partial charge in [0.05, 0.1) is 18.2 Å². The molecular weight excluding hydrogens is 266 g/mol. The van der Waals surface area contributed by atoms with Gasteiger partial charge in [0.15, 0.2) is 0 Å². The van der Waals surface area contributed by atoms with Gasteiger partial charge in [-0.1, -0.05) is 6.42 Å². The van der Waals surface area contributed by atoms with E-state index in [1.54, 1.807) is 0 Å². The van der Waals surface area contributed by atoms with Gasteiger partial charge in [-0.2, -0.15) is 0 Å². The van der Waals surface area contributed by atoms with E-state index in [9.17, 15) is 4.79 Å². The number of hydrogen-bond donors (Lipinski definition) is 2. The predicted octanol–water partition coefficient (Wildman–Crippen LogP) is 1.13. The molecule has 0 aliphatic carbocycles. The molecule has 5 nitrogen and oxygen atoms in total. The molecular formula is C16H31N3O2. The van der Waals surface area contributed by atoms with Crippen molar-refractivity contribution < 1.29 is 9.53 Å². The lowest BCUT2D eigenvalue weighted by molar-refractivity contribution is -0.125. The van der Waals surface area contributed by atoms with E-state index in [-0.39, 0.29) is 29.7 Å². The van der Waals surface area contributed by atoms with Gasteiger partial charge >= 0.3 is 0 Å². The van der Waals surface area contributed by atoms with Crippen molar-refractivity contribution in [1.29, 1.82) is 0 Å². The van der Waals surface area contributed by atoms with Gasteiger partial charge in [-0.25, -0.2) is 0 Å². The Morgan fingerprint density at radius 2 is 1.95 bits per heavy atom. The Bertz CT molecular complexity index is 343. The second-order valence-corrected chi connectivity index (χ2v) is 7.20. The van der Waals surface area contributed by atoms with E-state index in [1.165, 1.54) is 6.42 Å². The molecule has 0 saturated carbocycles. The molecule has 0 aromatic rings. The maximum absolute atomic E-state index is 12.2. The van der Waals surface area contributed by atoms with E-state index in [2.05, 4.69) is 43.2 Å². The average Bonchev–Trinajstić information content (AvgIpc) is 2.45. The summed E-state index contributed by atoms with van der Waals surface area (Å²) >= 11 is 0. The second kappa shape index (κ2) is 7.07. The van der Waals surface area contributed by atoms with Crippen LogP contribution in [0.25, 0.3) is 0 Å². The molecule has 2 aliphatic heterocycles. The van der Waals surface area contributed by atoms with Crippen molar-refractivity contribution in [1.82, 2.24) is 15.5 Å². The van der Waals surface area contributed by atoms with Crippen LogP contribution in [0.2, 0.25) is 0 Å². The van der Waals surface area contributed by atoms with Crippen molar-refractivity contribution in [3.8, 4) is 0 Å². The summed E-state index contributed by atoms with van der Waals surface area (Å²) in [6, 6.07) is -0.00270. The van der Waals surface area contributed by atoms with E-state index < -0.39 is 0 Å². The molecule has 2 fully saturated rings. The fourth-order valence-electron chi connectivity index (χ4n) is 3.29. The number of carbonyl (C=O) groups is 1. The van der Waals surface area contributed by atoms with Crippen LogP contribution in [-0.4, -0.2) is 60.8 Å². The molecule has 2 aliphatic rings. The van der Waals surface area contributed by atoms with Crippen LogP contribution in [0, 0.1) is 0 Å². The molecule has 2 rings (SSSR count). The van der Waals surface area contributed by atoms with Crippen molar-refractivity contribution in [3.05, 3.63) is 0 Å². The van der Waals surface area contributed by atoms with Crippen LogP contribution in [0.15, 0.2) is 0 Å². The Morgan fingerprint density at radius 3 is 2.52 bits per heavy atom. The highest BCUT2D eigenvalue weighted by atomic mass is 16.5. The Kier molecular flexibility index (Phi) is 5.63. The highest BCUT2D eigenvalue weighted by molar-refractivity contribution is 5.81. The molecule has 122 valence electrons. The number of nitrogens with zero attached hydrogens (tertiary/aromatic N) is 1. The number of morpholine rings is 1. The second-order valence-electron chi connectivity index (χ2n) is 7.20. The third-order valence-electron chi connectivity index (χ3n) is 4.60. The molecule has 0 spiro atoms. The molecule has 5 heteroatoms. The number of nitrogens with one attached hydrogen (secondary N) is 2. The third kappa shape index (κ3) is 4.66. The molecule has 2 heterocycles. The van der Waals surface area contributed by atoms with Crippen molar-refractivity contribution in [2.75, 3.05) is 26.2 Å². The number of hydrogen-bond acceptors (Lipinski definition) is 4. The lowest BCUT2D eigenvalue weighted by Crippen LogP contribution is -2.59. The third-order valence-corrected chi connectivity index (χ3v) is 4.60. The van der Waals surface area contributed by atoms with Crippen LogP contribution in [0.4, 0.5) is 0 Å². The summed E-state index contributed by atoms with van der Waals surface area (Å²) in [5.74, 6) is 0.150. The summed E-state index contributed by atoms with van der Waals surface area (Å²) in [7, 11) is 0. The minimum atomic E-state index is -0.0450. The van der Waals surface area contributed by atoms with Crippen LogP contribution < -0.4 is 10.6 Å². The van der Waals surface area contributed by atoms with Crippen LogP contribution in [-0.2, 0) is 9.53 Å². The van der Waals surface area contributed by atoms with Gasteiger partial charge in [0.2, 0.25) is 5.91 Å². The molecule has 0 radical (unpaired) electrons. The summed E-state index contributed by atoms with van der Waals surface area (Å²) < 4.78 is 5.79. The van der Waals surface area contributed by atoms with Crippen molar-refractivity contribution in [3.63, 3.8) is 0 Å². The molecule has 2 saturated heterocycles. The van der Waals surface area contributed by atoms with Gasteiger partial charge < -0.3 is 15.4 Å². The maximum atomic E-state index is 12.2. The quantitative estimate of drug-likeness (QED) is 0.817. The van der Waals surface area contributed by atoms with Crippen molar-refractivity contribution in [2.45, 2.75) is 70.7 Å². The highest BCUT2D eigenvalue weighted by Crippen LogP contribution is 2.20. The molecule has 0 aromatic heterocycles. The molecule has 21 heavy (non-hydrogen) atoms. The van der Waals surface area contributed by atoms with Gasteiger partial charge in [0, 0.05) is 25.2 Å². The summed E-state index contributed by atoms with van der Waals surface area (Å²) in [6.45, 7) is 12.1. The number of carbonyl (C=O) groups excluding carboxylic acids is 1. The first-order valence-corrected chi connectivity index (χ1v) is 8.30. The van der Waals surface area contributed by atoms with E-state index in [4.69, 9.17) is 4.74 Å². The van der Waals surface area contributed by atoms with Gasteiger partial charge in [-0.3, -0.25) is 9.69 Å². The minimum absolute atomic E-state index is 0.00270. The van der Waals surface area contributed by atoms with Gasteiger partial charge in [-0.15, -0.1) is 0 Å². The van der Waals surface area contributed by atoms with Gasteiger partial charge in [-0.05, 0) is 47.1 Å². The summed E-state index contributed by atoms with van der Waals surface area (Å²) in [6.07, 6.45) is 3.79. The fraction of sp³-hybridized carbons (Fsp3) is 0.938. The van der Waals surface area contributed by atoms with Crippen molar-refractivity contribution >= 4 is 5.91 Å². The molecule has 1 amide bonds. The first-order chi connectivity index (χ1) is 9.88. The molecule has 0 aromatic carbocycles. The Hall–Kier alpha value is -0.650. The predicted molar refractivity (Wildman–Crippen MR) is 84.3 cm³/mol. The van der Waals surface area contributed by atoms with Crippen LogP contribution >= 0.6 is 0 Å². The summed E-state index contributed by atoms with van der Waals surface area (Å²) in [5.41, 5.74) is -0.0450. The molecule has 2 N–H and O–H groups in total. The first kappa shape index (κ1) is 16.7. The largest absolute Gasteiger partial charge is 0.373 e. The number of rotatable bonds is 4. The Labute approximate surface area is 128 Å². The molecule has 3 unspecified atom stereocenters. The van der Waals surface area contributed by atoms with E-state index >= 15 is 0 Å². The first-order valence-electron chi connectivity index (χ1n) is 8.30. The molecule has 3 atom stereocenters. The zero-order valence-corrected chi connectivity index (χ0v) is 13.9. The van der Waals surface area contributed by atoms with Crippen LogP contribution in [0.3, 0.4) is 0 Å². The topological polar surface area (TPSA) is 53.6 Å². The summed E-state index contributed by atoms with van der Waals surface area (Å²) in [4.78, 5) is 14.7. The number of ether oxygens (including phenoxy) is 1. The highest BCUT2D eigenvalue weighted by Gasteiger charge is 2.34. The van der Waals surface area contributed by atoms with E-state index in [0.717, 1.165) is 32.5 Å². The lowest BCUT2D eigenvalue weighted by Gasteiger charge is -2.45. The molecule has 0 bridgehead atoms. The Morgan fingerprint density at radius 1 is 1.29 bits per heavy atom. The SMILES string of the molecule is CC1CN(C(C)(C)CNC(=O)C2CCCCN2)CC(C)O1. The van der Waals surface area contributed by atoms with Crippen molar-refractivity contribution in [2.24, 2.45) is 0 Å². The van der Waals surface area contributed by atoms with Crippen LogP contribution in [0.5, 0.6) is 0 Å². The standard InChI is InChI=1S/C16H31N3O2/c1-12-9-19(10-13(2)21-12)16(3,4)11-18-15(20)14-7-5-6-8-17-14/h12-14,17H,5-11H2,1-4H3,(H,18,20). The van der Waals surface area contributed by atoms with Gasteiger partial charge in [0.25, 0.3) is 0 Å². The summed E-state index contributed by atoms with van der Waals surface area (Å²) in [5, 5.41) is 6.44. The average molecular weight is 297 g/mol. The van der Waals surface area contributed by atoms with E-state index in [0.29, 0.717) is 6.54 Å². The van der Waals surface area contributed by atoms with Crippen LogP contribution in [0.1, 0.15) is 47.0 Å². The minimum Gasteiger partial charge on any atom is -0.373 e. The zero-order chi connectivity index (χ0) is 15.5.